The quantitative estimate of drug-likeness (QED) is 0.354. The highest BCUT2D eigenvalue weighted by molar-refractivity contribution is 6.33. The van der Waals surface area contributed by atoms with Crippen LogP contribution in [0.15, 0.2) is 64.0 Å². The van der Waals surface area contributed by atoms with E-state index in [1.54, 1.807) is 24.4 Å². The van der Waals surface area contributed by atoms with Crippen molar-refractivity contribution in [2.75, 3.05) is 0 Å². The second-order valence-corrected chi connectivity index (χ2v) is 5.63. The van der Waals surface area contributed by atoms with Gasteiger partial charge in [-0.2, -0.15) is 0 Å². The molecule has 0 unspecified atom stereocenters. The van der Waals surface area contributed by atoms with Gasteiger partial charge in [-0.1, -0.05) is 23.7 Å². The first-order chi connectivity index (χ1) is 11.5. The highest BCUT2D eigenvalue weighted by atomic mass is 35.5. The lowest BCUT2D eigenvalue weighted by Gasteiger charge is -2.00. The monoisotopic (exact) mass is 340 g/mol. The Morgan fingerprint density at radius 2 is 2.00 bits per heavy atom. The van der Waals surface area contributed by atoms with E-state index >= 15 is 0 Å². The van der Waals surface area contributed by atoms with Crippen LogP contribution in [0.3, 0.4) is 0 Å². The summed E-state index contributed by atoms with van der Waals surface area (Å²) in [5.74, 6) is 1.10. The summed E-state index contributed by atoms with van der Waals surface area (Å²) >= 11 is 6.11. The second kappa shape index (κ2) is 6.68. The first-order valence-corrected chi connectivity index (χ1v) is 7.55. The molecule has 1 heterocycles. The van der Waals surface area contributed by atoms with Crippen molar-refractivity contribution in [2.24, 2.45) is 4.99 Å². The number of nitro groups is 1. The molecule has 6 heteroatoms. The molecule has 2 aromatic carbocycles. The maximum absolute atomic E-state index is 10.8. The summed E-state index contributed by atoms with van der Waals surface area (Å²) in [5.41, 5.74) is 2.50. The minimum absolute atomic E-state index is 0.0588. The number of rotatable bonds is 4. The maximum atomic E-state index is 10.8. The Bertz CT molecular complexity index is 932. The van der Waals surface area contributed by atoms with E-state index in [9.17, 15) is 10.1 Å². The summed E-state index contributed by atoms with van der Waals surface area (Å²) in [6, 6.07) is 15.6. The van der Waals surface area contributed by atoms with Crippen molar-refractivity contribution in [2.45, 2.75) is 6.92 Å². The lowest BCUT2D eigenvalue weighted by Crippen LogP contribution is -1.88. The van der Waals surface area contributed by atoms with Crippen molar-refractivity contribution in [3.8, 4) is 11.3 Å². The highest BCUT2D eigenvalue weighted by Gasteiger charge is 2.13. The molecule has 0 saturated heterocycles. The van der Waals surface area contributed by atoms with E-state index in [0.717, 1.165) is 11.3 Å². The topological polar surface area (TPSA) is 68.6 Å². The number of aliphatic imine (C=N–C) groups is 1. The van der Waals surface area contributed by atoms with Gasteiger partial charge >= 0.3 is 0 Å². The first kappa shape index (κ1) is 16.0. The Kier molecular flexibility index (Phi) is 4.44. The zero-order valence-corrected chi connectivity index (χ0v) is 13.5. The molecule has 3 rings (SSSR count). The maximum Gasteiger partial charge on any atom is 0.270 e. The molecule has 0 spiro atoms. The first-order valence-electron chi connectivity index (χ1n) is 7.18. The summed E-state index contributed by atoms with van der Waals surface area (Å²) in [7, 11) is 0. The van der Waals surface area contributed by atoms with E-state index in [1.807, 2.05) is 31.2 Å². The largest absolute Gasteiger partial charge is 0.455 e. The zero-order chi connectivity index (χ0) is 17.1. The number of nitrogens with zero attached hydrogens (tertiary/aromatic N) is 2. The third kappa shape index (κ3) is 3.52. The number of hydrogen-bond donors (Lipinski definition) is 0. The van der Waals surface area contributed by atoms with Crippen molar-refractivity contribution >= 4 is 29.2 Å². The molecule has 24 heavy (non-hydrogen) atoms. The van der Waals surface area contributed by atoms with Gasteiger partial charge in [-0.05, 0) is 42.8 Å². The van der Waals surface area contributed by atoms with Gasteiger partial charge in [0.25, 0.3) is 5.69 Å². The molecule has 120 valence electrons. The van der Waals surface area contributed by atoms with Crippen LogP contribution in [0, 0.1) is 17.0 Å². The molecule has 3 aromatic rings. The normalized spacial score (nSPS) is 11.1. The van der Waals surface area contributed by atoms with Crippen LogP contribution in [0.1, 0.15) is 11.3 Å². The Morgan fingerprint density at radius 1 is 1.17 bits per heavy atom. The minimum Gasteiger partial charge on any atom is -0.455 e. The fraction of sp³-hybridized carbons (Fsp3) is 0.0556. The standard InChI is InChI=1S/C18H13ClN2O3/c1-12-3-2-4-13(9-12)20-11-15-6-8-18(24-15)16-7-5-14(21(22)23)10-17(16)19/h2-11H,1H3. The van der Waals surface area contributed by atoms with E-state index < -0.39 is 4.92 Å². The number of aryl methyl sites for hydroxylation is 1. The number of nitro benzene ring substituents is 1. The number of hydrogen-bond acceptors (Lipinski definition) is 4. The van der Waals surface area contributed by atoms with E-state index in [4.69, 9.17) is 16.0 Å². The van der Waals surface area contributed by atoms with Gasteiger partial charge in [0.2, 0.25) is 0 Å². The van der Waals surface area contributed by atoms with Crippen LogP contribution in [0.25, 0.3) is 11.3 Å². The molecule has 0 amide bonds. The van der Waals surface area contributed by atoms with Gasteiger partial charge in [0.15, 0.2) is 0 Å². The SMILES string of the molecule is Cc1cccc(N=Cc2ccc(-c3ccc([N+](=O)[O-])cc3Cl)o2)c1. The van der Waals surface area contributed by atoms with E-state index in [1.165, 1.54) is 12.1 Å². The van der Waals surface area contributed by atoms with Crippen LogP contribution in [0.5, 0.6) is 0 Å². The molecule has 0 bridgehead atoms. The zero-order valence-electron chi connectivity index (χ0n) is 12.8. The molecule has 5 nitrogen and oxygen atoms in total. The minimum atomic E-state index is -0.488. The second-order valence-electron chi connectivity index (χ2n) is 5.22. The Labute approximate surface area is 143 Å². The van der Waals surface area contributed by atoms with Gasteiger partial charge < -0.3 is 4.42 Å². The van der Waals surface area contributed by atoms with E-state index in [2.05, 4.69) is 4.99 Å². The van der Waals surface area contributed by atoms with Gasteiger partial charge in [0, 0.05) is 17.7 Å². The molecule has 0 aliphatic rings. The van der Waals surface area contributed by atoms with E-state index in [-0.39, 0.29) is 10.7 Å². The van der Waals surface area contributed by atoms with Gasteiger partial charge in [0.1, 0.15) is 11.5 Å². The molecule has 0 fully saturated rings. The third-order valence-electron chi connectivity index (χ3n) is 3.40. The lowest BCUT2D eigenvalue weighted by atomic mass is 10.1. The fourth-order valence-corrected chi connectivity index (χ4v) is 2.50. The smallest absolute Gasteiger partial charge is 0.270 e. The Balaban J connectivity index is 1.84. The summed E-state index contributed by atoms with van der Waals surface area (Å²) in [6.07, 6.45) is 1.62. The van der Waals surface area contributed by atoms with E-state index in [0.29, 0.717) is 17.1 Å². The molecular weight excluding hydrogens is 328 g/mol. The number of halogens is 1. The van der Waals surface area contributed by atoms with Gasteiger partial charge in [0.05, 0.1) is 21.8 Å². The summed E-state index contributed by atoms with van der Waals surface area (Å²) in [6.45, 7) is 2.00. The van der Waals surface area contributed by atoms with Gasteiger partial charge in [-0.15, -0.1) is 0 Å². The molecule has 1 aromatic heterocycles. The van der Waals surface area contributed by atoms with Crippen molar-refractivity contribution in [3.63, 3.8) is 0 Å². The number of furan rings is 1. The van der Waals surface area contributed by atoms with Crippen LogP contribution in [-0.4, -0.2) is 11.1 Å². The van der Waals surface area contributed by atoms with Crippen LogP contribution in [0.4, 0.5) is 11.4 Å². The average Bonchev–Trinajstić information content (AvgIpc) is 3.01. The lowest BCUT2D eigenvalue weighted by molar-refractivity contribution is -0.384. The Morgan fingerprint density at radius 3 is 2.71 bits per heavy atom. The average molecular weight is 341 g/mol. The van der Waals surface area contributed by atoms with Crippen molar-refractivity contribution in [3.05, 3.63) is 81.1 Å². The Hall–Kier alpha value is -2.92. The fourth-order valence-electron chi connectivity index (χ4n) is 2.23. The number of benzene rings is 2. The van der Waals surface area contributed by atoms with Crippen molar-refractivity contribution in [1.82, 2.24) is 0 Å². The molecule has 0 radical (unpaired) electrons. The third-order valence-corrected chi connectivity index (χ3v) is 3.71. The van der Waals surface area contributed by atoms with Crippen LogP contribution < -0.4 is 0 Å². The predicted octanol–water partition coefficient (Wildman–Crippen LogP) is 5.57. The van der Waals surface area contributed by atoms with Crippen LogP contribution in [-0.2, 0) is 0 Å². The van der Waals surface area contributed by atoms with Gasteiger partial charge in [-0.3, -0.25) is 15.1 Å². The molecular formula is C18H13ClN2O3. The van der Waals surface area contributed by atoms with Crippen molar-refractivity contribution in [1.29, 1.82) is 0 Å². The summed E-state index contributed by atoms with van der Waals surface area (Å²) in [4.78, 5) is 14.6. The van der Waals surface area contributed by atoms with Gasteiger partial charge in [-0.25, -0.2) is 0 Å². The highest BCUT2D eigenvalue weighted by Crippen LogP contribution is 2.32. The summed E-state index contributed by atoms with van der Waals surface area (Å²) in [5, 5.41) is 11.0. The molecule has 0 aliphatic carbocycles. The molecule has 0 saturated carbocycles. The van der Waals surface area contributed by atoms with Crippen molar-refractivity contribution < 1.29 is 9.34 Å². The molecule has 0 aliphatic heterocycles. The molecule has 0 atom stereocenters. The predicted molar refractivity (Wildman–Crippen MR) is 94.2 cm³/mol. The summed E-state index contributed by atoms with van der Waals surface area (Å²) < 4.78 is 5.70. The number of non-ortho nitro benzene ring substituents is 1. The van der Waals surface area contributed by atoms with Crippen LogP contribution in [0.2, 0.25) is 5.02 Å². The van der Waals surface area contributed by atoms with Crippen LogP contribution >= 0.6 is 11.6 Å². The molecule has 0 N–H and O–H groups in total.